The van der Waals surface area contributed by atoms with Gasteiger partial charge in [-0.05, 0) is 25.8 Å². The summed E-state index contributed by atoms with van der Waals surface area (Å²) in [5.74, 6) is 1.38. The molecule has 0 radical (unpaired) electrons. The van der Waals surface area contributed by atoms with E-state index in [1.54, 1.807) is 24.3 Å². The number of aryl methyl sites for hydroxylation is 1. The van der Waals surface area contributed by atoms with Crippen LogP contribution in [0.3, 0.4) is 0 Å². The van der Waals surface area contributed by atoms with Crippen LogP contribution in [0, 0.1) is 6.92 Å². The quantitative estimate of drug-likeness (QED) is 0.741. The summed E-state index contributed by atoms with van der Waals surface area (Å²) in [4.78, 5) is 28.8. The molecule has 0 unspecified atom stereocenters. The molecule has 2 heterocycles. The second kappa shape index (κ2) is 6.16. The minimum Gasteiger partial charge on any atom is -0.349 e. The van der Waals surface area contributed by atoms with Crippen molar-refractivity contribution in [1.29, 1.82) is 0 Å². The summed E-state index contributed by atoms with van der Waals surface area (Å²) in [6.07, 6.45) is 4.26. The number of aromatic nitrogens is 4. The summed E-state index contributed by atoms with van der Waals surface area (Å²) < 4.78 is 2.16. The summed E-state index contributed by atoms with van der Waals surface area (Å²) in [5, 5.41) is 10.2. The zero-order valence-electron chi connectivity index (χ0n) is 14.0. The number of carbonyl (C=O) groups excluding carboxylic acids is 1. The number of benzene rings is 1. The molecule has 0 aliphatic heterocycles. The summed E-state index contributed by atoms with van der Waals surface area (Å²) in [5.41, 5.74) is 1.04. The maximum absolute atomic E-state index is 12.5. The van der Waals surface area contributed by atoms with Gasteiger partial charge in [0.25, 0.3) is 11.5 Å². The molecular weight excluding hydrogens is 318 g/mol. The van der Waals surface area contributed by atoms with Crippen LogP contribution in [0.15, 0.2) is 35.3 Å². The Labute approximate surface area is 144 Å². The van der Waals surface area contributed by atoms with Gasteiger partial charge in [0.2, 0.25) is 0 Å². The van der Waals surface area contributed by atoms with Gasteiger partial charge in [-0.15, -0.1) is 0 Å². The van der Waals surface area contributed by atoms with E-state index in [4.69, 9.17) is 0 Å². The van der Waals surface area contributed by atoms with Gasteiger partial charge in [0.1, 0.15) is 5.82 Å². The van der Waals surface area contributed by atoms with Crippen LogP contribution < -0.4 is 10.9 Å². The highest BCUT2D eigenvalue weighted by molar-refractivity contribution is 6.04. The highest BCUT2D eigenvalue weighted by Crippen LogP contribution is 2.39. The first-order valence-corrected chi connectivity index (χ1v) is 8.43. The average molecular weight is 337 g/mol. The molecule has 3 aromatic rings. The molecule has 2 aromatic heterocycles. The van der Waals surface area contributed by atoms with Crippen molar-refractivity contribution in [3.05, 3.63) is 58.0 Å². The molecule has 4 rings (SSSR count). The fraction of sp³-hybridized carbons (Fsp3) is 0.333. The van der Waals surface area contributed by atoms with Crippen LogP contribution in [0.25, 0.3) is 10.8 Å². The van der Waals surface area contributed by atoms with Gasteiger partial charge in [-0.2, -0.15) is 5.10 Å². The topological polar surface area (TPSA) is 92.7 Å². The Hall–Kier alpha value is -2.96. The van der Waals surface area contributed by atoms with Gasteiger partial charge in [-0.25, -0.2) is 10.1 Å². The normalized spacial score (nSPS) is 14.0. The average Bonchev–Trinajstić information content (AvgIpc) is 3.40. The third-order valence-electron chi connectivity index (χ3n) is 4.56. The smallest absolute Gasteiger partial charge is 0.272 e. The first-order chi connectivity index (χ1) is 12.1. The first-order valence-electron chi connectivity index (χ1n) is 8.43. The van der Waals surface area contributed by atoms with Crippen molar-refractivity contribution in [2.75, 3.05) is 6.54 Å². The van der Waals surface area contributed by atoms with Crippen LogP contribution in [0.1, 0.15) is 40.8 Å². The van der Waals surface area contributed by atoms with Crippen molar-refractivity contribution < 1.29 is 4.79 Å². The van der Waals surface area contributed by atoms with Crippen LogP contribution in [-0.2, 0) is 6.54 Å². The van der Waals surface area contributed by atoms with E-state index in [1.165, 1.54) is 12.8 Å². The molecule has 25 heavy (non-hydrogen) atoms. The minimum atomic E-state index is -0.296. The second-order valence-corrected chi connectivity index (χ2v) is 6.39. The highest BCUT2D eigenvalue weighted by Gasteiger charge is 2.28. The molecule has 0 saturated heterocycles. The third-order valence-corrected chi connectivity index (χ3v) is 4.56. The van der Waals surface area contributed by atoms with E-state index in [0.29, 0.717) is 29.8 Å². The number of nitrogens with one attached hydrogen (secondary N) is 2. The van der Waals surface area contributed by atoms with Gasteiger partial charge in [0, 0.05) is 36.3 Å². The molecule has 2 N–H and O–H groups in total. The molecule has 0 atom stereocenters. The number of rotatable bonds is 5. The Morgan fingerprint density at radius 1 is 1.32 bits per heavy atom. The summed E-state index contributed by atoms with van der Waals surface area (Å²) in [6.45, 7) is 3.17. The summed E-state index contributed by atoms with van der Waals surface area (Å²) >= 11 is 0. The maximum Gasteiger partial charge on any atom is 0.272 e. The maximum atomic E-state index is 12.5. The number of nitrogens with zero attached hydrogens (tertiary/aromatic N) is 3. The van der Waals surface area contributed by atoms with Crippen molar-refractivity contribution in [3.8, 4) is 0 Å². The zero-order valence-corrected chi connectivity index (χ0v) is 14.0. The van der Waals surface area contributed by atoms with E-state index in [0.717, 1.165) is 11.5 Å². The highest BCUT2D eigenvalue weighted by atomic mass is 16.2. The molecule has 0 bridgehead atoms. The van der Waals surface area contributed by atoms with Crippen molar-refractivity contribution >= 4 is 16.7 Å². The Bertz CT molecular complexity index is 1000. The lowest BCUT2D eigenvalue weighted by molar-refractivity contribution is 0.0948. The number of H-pyrrole nitrogens is 1. The molecule has 0 spiro atoms. The molecule has 1 amide bonds. The van der Waals surface area contributed by atoms with E-state index in [-0.39, 0.29) is 17.2 Å². The molecule has 1 aliphatic rings. The van der Waals surface area contributed by atoms with E-state index in [9.17, 15) is 9.59 Å². The number of carbonyl (C=O) groups is 1. The second-order valence-electron chi connectivity index (χ2n) is 6.39. The fourth-order valence-corrected chi connectivity index (χ4v) is 3.09. The van der Waals surface area contributed by atoms with Crippen LogP contribution >= 0.6 is 0 Å². The molecule has 1 fully saturated rings. The summed E-state index contributed by atoms with van der Waals surface area (Å²) in [6, 6.07) is 6.97. The van der Waals surface area contributed by atoms with E-state index < -0.39 is 0 Å². The minimum absolute atomic E-state index is 0.236. The van der Waals surface area contributed by atoms with Gasteiger partial charge < -0.3 is 9.88 Å². The predicted molar refractivity (Wildman–Crippen MR) is 93.6 cm³/mol. The van der Waals surface area contributed by atoms with Crippen molar-refractivity contribution in [2.24, 2.45) is 0 Å². The fourth-order valence-electron chi connectivity index (χ4n) is 3.09. The number of fused-ring (bicyclic) bond motifs is 1. The number of hydrogen-bond acceptors (Lipinski definition) is 4. The van der Waals surface area contributed by atoms with Crippen LogP contribution in [0.2, 0.25) is 0 Å². The van der Waals surface area contributed by atoms with Crippen LogP contribution in [0.5, 0.6) is 0 Å². The molecule has 7 nitrogen and oxygen atoms in total. The Balaban J connectivity index is 1.49. The third kappa shape index (κ3) is 2.93. The van der Waals surface area contributed by atoms with Gasteiger partial charge in [-0.3, -0.25) is 9.59 Å². The van der Waals surface area contributed by atoms with Gasteiger partial charge in [0.15, 0.2) is 5.69 Å². The van der Waals surface area contributed by atoms with Crippen molar-refractivity contribution in [1.82, 2.24) is 25.1 Å². The van der Waals surface area contributed by atoms with Crippen molar-refractivity contribution in [3.63, 3.8) is 0 Å². The number of amides is 1. The van der Waals surface area contributed by atoms with E-state index in [1.807, 2.05) is 13.1 Å². The van der Waals surface area contributed by atoms with Gasteiger partial charge in [0.05, 0.1) is 5.39 Å². The Kier molecular flexibility index (Phi) is 3.83. The lowest BCUT2D eigenvalue weighted by atomic mass is 10.1. The largest absolute Gasteiger partial charge is 0.349 e. The lowest BCUT2D eigenvalue weighted by Gasteiger charge is -2.11. The first kappa shape index (κ1) is 15.6. The molecule has 128 valence electrons. The monoisotopic (exact) mass is 337 g/mol. The van der Waals surface area contributed by atoms with Gasteiger partial charge >= 0.3 is 0 Å². The number of aromatic amines is 1. The molecule has 7 heteroatoms. The van der Waals surface area contributed by atoms with Crippen molar-refractivity contribution in [2.45, 2.75) is 32.2 Å². The zero-order chi connectivity index (χ0) is 17.4. The SMILES string of the molecule is Cc1cnc(C2CC2)n1CCNC(=O)c1n[nH]c(=O)c2ccccc12. The molecular formula is C18H19N5O2. The lowest BCUT2D eigenvalue weighted by Crippen LogP contribution is -2.30. The number of hydrogen-bond donors (Lipinski definition) is 2. The van der Waals surface area contributed by atoms with Gasteiger partial charge in [-0.1, -0.05) is 18.2 Å². The molecule has 1 aliphatic carbocycles. The van der Waals surface area contributed by atoms with E-state index >= 15 is 0 Å². The Morgan fingerprint density at radius 2 is 2.08 bits per heavy atom. The van der Waals surface area contributed by atoms with Crippen LogP contribution in [-0.4, -0.2) is 32.2 Å². The van der Waals surface area contributed by atoms with Crippen LogP contribution in [0.4, 0.5) is 0 Å². The summed E-state index contributed by atoms with van der Waals surface area (Å²) in [7, 11) is 0. The standard InChI is InChI=1S/C18H19N5O2/c1-11-10-20-16(12-6-7-12)23(11)9-8-19-18(25)15-13-4-2-3-5-14(13)17(24)22-21-15/h2-5,10,12H,6-9H2,1H3,(H,19,25)(H,22,24). The number of imidazole rings is 1. The Morgan fingerprint density at radius 3 is 2.84 bits per heavy atom. The molecule has 1 aromatic carbocycles. The van der Waals surface area contributed by atoms with E-state index in [2.05, 4.69) is 25.1 Å². The molecule has 1 saturated carbocycles. The predicted octanol–water partition coefficient (Wildman–Crippen LogP) is 1.74.